The van der Waals surface area contributed by atoms with Crippen LogP contribution in [0, 0.1) is 0 Å². The predicted molar refractivity (Wildman–Crippen MR) is 80.5 cm³/mol. The second-order valence-corrected chi connectivity index (χ2v) is 4.69. The maximum absolute atomic E-state index is 9.94. The minimum absolute atomic E-state index is 0.0233. The van der Waals surface area contributed by atoms with E-state index in [0.717, 1.165) is 16.6 Å². The number of methoxy groups -OCH3 is 1. The zero-order chi connectivity index (χ0) is 14.8. The van der Waals surface area contributed by atoms with Gasteiger partial charge in [-0.15, -0.1) is 0 Å². The van der Waals surface area contributed by atoms with Gasteiger partial charge in [-0.05, 0) is 30.3 Å². The molecule has 1 heterocycles. The Kier molecular flexibility index (Phi) is 3.50. The minimum Gasteiger partial charge on any atom is -0.504 e. The van der Waals surface area contributed by atoms with Crippen molar-refractivity contribution in [2.45, 2.75) is 6.54 Å². The quantitative estimate of drug-likeness (QED) is 0.772. The minimum atomic E-state index is 0.0233. The van der Waals surface area contributed by atoms with Gasteiger partial charge in [-0.25, -0.2) is 4.98 Å². The lowest BCUT2D eigenvalue weighted by molar-refractivity contribution is 0.278. The third kappa shape index (κ3) is 2.32. The molecule has 0 spiro atoms. The first-order valence-electron chi connectivity index (χ1n) is 6.68. The number of imidazole rings is 1. The highest BCUT2D eigenvalue weighted by Crippen LogP contribution is 2.32. The maximum atomic E-state index is 9.94. The Morgan fingerprint density at radius 1 is 1.19 bits per heavy atom. The number of benzene rings is 2. The molecule has 0 aliphatic heterocycles. The number of ether oxygens (including phenoxy) is 1. The van der Waals surface area contributed by atoms with Crippen LogP contribution >= 0.6 is 0 Å². The van der Waals surface area contributed by atoms with E-state index in [1.54, 1.807) is 12.1 Å². The molecule has 1 aromatic heterocycles. The molecule has 0 saturated heterocycles. The first-order chi connectivity index (χ1) is 10.2. The van der Waals surface area contributed by atoms with Gasteiger partial charge in [0.25, 0.3) is 0 Å². The number of aromatic nitrogens is 2. The first-order valence-corrected chi connectivity index (χ1v) is 6.68. The Bertz CT molecular complexity index is 780. The smallest absolute Gasteiger partial charge is 0.160 e. The van der Waals surface area contributed by atoms with Crippen molar-refractivity contribution in [1.82, 2.24) is 9.55 Å². The van der Waals surface area contributed by atoms with Gasteiger partial charge in [0.15, 0.2) is 11.5 Å². The summed E-state index contributed by atoms with van der Waals surface area (Å²) >= 11 is 0. The monoisotopic (exact) mass is 284 g/mol. The summed E-state index contributed by atoms with van der Waals surface area (Å²) in [6.45, 7) is 0.470. The molecule has 0 atom stereocenters. The van der Waals surface area contributed by atoms with Gasteiger partial charge in [0.05, 0.1) is 24.8 Å². The summed E-state index contributed by atoms with van der Waals surface area (Å²) in [6.07, 6.45) is 0. The predicted octanol–water partition coefficient (Wildman–Crippen LogP) is 2.41. The van der Waals surface area contributed by atoms with Crippen LogP contribution in [0.4, 0.5) is 0 Å². The average Bonchev–Trinajstić information content (AvgIpc) is 2.87. The molecule has 5 nitrogen and oxygen atoms in total. The molecule has 0 unspecified atom stereocenters. The zero-order valence-corrected chi connectivity index (χ0v) is 11.7. The molecule has 0 amide bonds. The number of para-hydroxylation sites is 2. The third-order valence-corrected chi connectivity index (χ3v) is 3.42. The van der Waals surface area contributed by atoms with Crippen LogP contribution in [0.5, 0.6) is 11.5 Å². The van der Waals surface area contributed by atoms with E-state index in [1.165, 1.54) is 7.11 Å². The van der Waals surface area contributed by atoms with Gasteiger partial charge in [0, 0.05) is 12.1 Å². The molecule has 3 rings (SSSR count). The fourth-order valence-corrected chi connectivity index (χ4v) is 2.45. The summed E-state index contributed by atoms with van der Waals surface area (Å²) in [7, 11) is 1.51. The molecule has 0 saturated carbocycles. The Balaban J connectivity index is 2.19. The average molecular weight is 284 g/mol. The number of aliphatic hydroxyl groups excluding tert-OH is 1. The fourth-order valence-electron chi connectivity index (χ4n) is 2.45. The molecule has 21 heavy (non-hydrogen) atoms. The molecule has 0 radical (unpaired) electrons. The summed E-state index contributed by atoms with van der Waals surface area (Å²) in [6, 6.07) is 12.9. The number of aromatic hydroxyl groups is 1. The van der Waals surface area contributed by atoms with Crippen molar-refractivity contribution in [1.29, 1.82) is 0 Å². The van der Waals surface area contributed by atoms with E-state index < -0.39 is 0 Å². The summed E-state index contributed by atoms with van der Waals surface area (Å²) in [5.74, 6) is 1.20. The number of nitrogens with zero attached hydrogens (tertiary/aromatic N) is 2. The van der Waals surface area contributed by atoms with Gasteiger partial charge in [0.2, 0.25) is 0 Å². The molecule has 2 aromatic carbocycles. The SMILES string of the molecule is COc1ccc(-c2nc3ccccc3n2CCO)cc1O. The molecular weight excluding hydrogens is 268 g/mol. The van der Waals surface area contributed by atoms with Crippen LogP contribution < -0.4 is 4.74 Å². The van der Waals surface area contributed by atoms with E-state index in [4.69, 9.17) is 4.74 Å². The van der Waals surface area contributed by atoms with E-state index in [-0.39, 0.29) is 12.4 Å². The number of hydrogen-bond donors (Lipinski definition) is 2. The molecule has 0 aliphatic carbocycles. The topological polar surface area (TPSA) is 67.5 Å². The molecule has 3 aromatic rings. The lowest BCUT2D eigenvalue weighted by atomic mass is 10.2. The number of phenols is 1. The van der Waals surface area contributed by atoms with Gasteiger partial charge in [-0.2, -0.15) is 0 Å². The van der Waals surface area contributed by atoms with E-state index in [9.17, 15) is 10.2 Å². The summed E-state index contributed by atoms with van der Waals surface area (Å²) in [4.78, 5) is 4.60. The maximum Gasteiger partial charge on any atom is 0.160 e. The van der Waals surface area contributed by atoms with Crippen molar-refractivity contribution >= 4 is 11.0 Å². The van der Waals surface area contributed by atoms with Crippen molar-refractivity contribution in [2.24, 2.45) is 0 Å². The largest absolute Gasteiger partial charge is 0.504 e. The highest BCUT2D eigenvalue weighted by molar-refractivity contribution is 5.81. The highest BCUT2D eigenvalue weighted by atomic mass is 16.5. The van der Waals surface area contributed by atoms with Gasteiger partial charge in [-0.3, -0.25) is 0 Å². The molecule has 0 bridgehead atoms. The van der Waals surface area contributed by atoms with Gasteiger partial charge in [-0.1, -0.05) is 12.1 Å². The Morgan fingerprint density at radius 2 is 2.00 bits per heavy atom. The van der Waals surface area contributed by atoms with E-state index in [1.807, 2.05) is 34.9 Å². The molecule has 0 fully saturated rings. The van der Waals surface area contributed by atoms with Crippen LogP contribution in [-0.4, -0.2) is 33.5 Å². The standard InChI is InChI=1S/C16H16N2O3/c1-21-15-7-6-11(10-14(15)20)16-17-12-4-2-3-5-13(12)18(16)8-9-19/h2-7,10,19-20H,8-9H2,1H3. The number of rotatable bonds is 4. The van der Waals surface area contributed by atoms with Crippen molar-refractivity contribution < 1.29 is 14.9 Å². The second-order valence-electron chi connectivity index (χ2n) is 4.69. The lowest BCUT2D eigenvalue weighted by Gasteiger charge is -2.09. The third-order valence-electron chi connectivity index (χ3n) is 3.42. The highest BCUT2D eigenvalue weighted by Gasteiger charge is 2.13. The van der Waals surface area contributed by atoms with Crippen molar-refractivity contribution in [3.05, 3.63) is 42.5 Å². The second kappa shape index (κ2) is 5.46. The van der Waals surface area contributed by atoms with Crippen LogP contribution in [-0.2, 0) is 6.54 Å². The van der Waals surface area contributed by atoms with E-state index in [0.29, 0.717) is 18.1 Å². The number of aliphatic hydroxyl groups is 1. The number of hydrogen-bond acceptors (Lipinski definition) is 4. The van der Waals surface area contributed by atoms with E-state index >= 15 is 0 Å². The van der Waals surface area contributed by atoms with Gasteiger partial charge in [0.1, 0.15) is 5.82 Å². The van der Waals surface area contributed by atoms with Crippen LogP contribution in [0.25, 0.3) is 22.4 Å². The zero-order valence-electron chi connectivity index (χ0n) is 11.7. The van der Waals surface area contributed by atoms with E-state index in [2.05, 4.69) is 4.98 Å². The Labute approximate surface area is 122 Å². The van der Waals surface area contributed by atoms with Gasteiger partial charge >= 0.3 is 0 Å². The summed E-state index contributed by atoms with van der Waals surface area (Å²) < 4.78 is 7.00. The summed E-state index contributed by atoms with van der Waals surface area (Å²) in [5.41, 5.74) is 2.59. The number of phenolic OH excluding ortho intramolecular Hbond substituents is 1. The lowest BCUT2D eigenvalue weighted by Crippen LogP contribution is -2.04. The fraction of sp³-hybridized carbons (Fsp3) is 0.188. The van der Waals surface area contributed by atoms with Crippen LogP contribution in [0.2, 0.25) is 0 Å². The van der Waals surface area contributed by atoms with Crippen LogP contribution in [0.3, 0.4) is 0 Å². The molecule has 5 heteroatoms. The van der Waals surface area contributed by atoms with Crippen molar-refractivity contribution in [3.63, 3.8) is 0 Å². The molecule has 0 aliphatic rings. The van der Waals surface area contributed by atoms with Crippen molar-refractivity contribution in [3.8, 4) is 22.9 Å². The normalized spacial score (nSPS) is 11.0. The Hall–Kier alpha value is -2.53. The molecule has 108 valence electrons. The van der Waals surface area contributed by atoms with Crippen molar-refractivity contribution in [2.75, 3.05) is 13.7 Å². The molecular formula is C16H16N2O3. The molecule has 2 N–H and O–H groups in total. The van der Waals surface area contributed by atoms with Crippen LogP contribution in [0.1, 0.15) is 0 Å². The van der Waals surface area contributed by atoms with Gasteiger partial charge < -0.3 is 19.5 Å². The Morgan fingerprint density at radius 3 is 2.71 bits per heavy atom. The van der Waals surface area contributed by atoms with Crippen LogP contribution in [0.15, 0.2) is 42.5 Å². The first kappa shape index (κ1) is 13.5. The number of fused-ring (bicyclic) bond motifs is 1. The summed E-state index contributed by atoms with van der Waals surface area (Å²) in [5, 5.41) is 19.2.